The van der Waals surface area contributed by atoms with Crippen LogP contribution in [0.25, 0.3) is 0 Å². The maximum atomic E-state index is 13.8. The molecule has 1 amide bonds. The Kier molecular flexibility index (Phi) is 7.13. The number of nitrogens with zero attached hydrogens (tertiary/aromatic N) is 1. The Morgan fingerprint density at radius 1 is 0.789 bits per heavy atom. The lowest BCUT2D eigenvalue weighted by atomic mass is 9.83. The molecule has 0 spiro atoms. The first kappa shape index (κ1) is 25.4. The zero-order valence-electron chi connectivity index (χ0n) is 21.3. The Balaban J connectivity index is 1.55. The predicted octanol–water partition coefficient (Wildman–Crippen LogP) is 3.58. The van der Waals surface area contributed by atoms with E-state index < -0.39 is 18.0 Å². The molecule has 196 valence electrons. The first-order valence-corrected chi connectivity index (χ1v) is 12.4. The molecule has 2 aliphatic heterocycles. The average molecular weight is 516 g/mol. The number of esters is 2. The van der Waals surface area contributed by atoms with Gasteiger partial charge in [0.25, 0.3) is 0 Å². The highest BCUT2D eigenvalue weighted by atomic mass is 16.5. The van der Waals surface area contributed by atoms with E-state index in [1.165, 1.54) is 7.11 Å². The maximum Gasteiger partial charge on any atom is 0.338 e. The Morgan fingerprint density at radius 3 is 1.97 bits per heavy atom. The van der Waals surface area contributed by atoms with Crippen LogP contribution in [-0.4, -0.2) is 44.7 Å². The highest BCUT2D eigenvalue weighted by Crippen LogP contribution is 2.49. The van der Waals surface area contributed by atoms with Crippen LogP contribution in [0.2, 0.25) is 0 Å². The Labute approximate surface area is 220 Å². The highest BCUT2D eigenvalue weighted by Gasteiger charge is 2.56. The number of methoxy groups -OCH3 is 2. The molecule has 9 heteroatoms. The van der Waals surface area contributed by atoms with Gasteiger partial charge in [-0.05, 0) is 66.6 Å². The number of hydrazine groups is 1. The molecule has 5 rings (SSSR count). The molecule has 38 heavy (non-hydrogen) atoms. The van der Waals surface area contributed by atoms with Crippen molar-refractivity contribution in [3.63, 3.8) is 0 Å². The number of fused-ring (bicyclic) bond motifs is 1. The Morgan fingerprint density at radius 2 is 1.37 bits per heavy atom. The zero-order chi connectivity index (χ0) is 26.8. The van der Waals surface area contributed by atoms with Gasteiger partial charge in [-0.25, -0.2) is 20.4 Å². The van der Waals surface area contributed by atoms with Crippen molar-refractivity contribution in [2.24, 2.45) is 5.92 Å². The molecule has 4 atom stereocenters. The van der Waals surface area contributed by atoms with Crippen molar-refractivity contribution < 1.29 is 28.6 Å². The van der Waals surface area contributed by atoms with Crippen LogP contribution in [0, 0.1) is 5.92 Å². The number of anilines is 1. The lowest BCUT2D eigenvalue weighted by Crippen LogP contribution is -2.41. The molecular weight excluding hydrogens is 486 g/mol. The number of carbonyl (C=O) groups excluding carboxylic acids is 3. The molecule has 4 unspecified atom stereocenters. The van der Waals surface area contributed by atoms with Gasteiger partial charge in [0, 0.05) is 11.6 Å². The second kappa shape index (κ2) is 10.6. The van der Waals surface area contributed by atoms with Gasteiger partial charge in [-0.2, -0.15) is 0 Å². The summed E-state index contributed by atoms with van der Waals surface area (Å²) in [5, 5.41) is 0. The molecule has 2 fully saturated rings. The average Bonchev–Trinajstić information content (AvgIpc) is 3.51. The molecule has 0 aliphatic carbocycles. The second-order valence-electron chi connectivity index (χ2n) is 9.13. The summed E-state index contributed by atoms with van der Waals surface area (Å²) in [4.78, 5) is 39.8. The number of amides is 1. The second-order valence-corrected chi connectivity index (χ2v) is 9.13. The van der Waals surface area contributed by atoms with Crippen molar-refractivity contribution in [2.75, 3.05) is 25.7 Å². The van der Waals surface area contributed by atoms with Crippen molar-refractivity contribution in [1.29, 1.82) is 0 Å². The predicted molar refractivity (Wildman–Crippen MR) is 140 cm³/mol. The van der Waals surface area contributed by atoms with Crippen LogP contribution >= 0.6 is 0 Å². The monoisotopic (exact) mass is 515 g/mol. The van der Waals surface area contributed by atoms with Crippen molar-refractivity contribution in [1.82, 2.24) is 10.9 Å². The molecule has 2 heterocycles. The van der Waals surface area contributed by atoms with Crippen LogP contribution in [0.3, 0.4) is 0 Å². The molecule has 3 aromatic rings. The summed E-state index contributed by atoms with van der Waals surface area (Å²) in [5.41, 5.74) is 9.91. The van der Waals surface area contributed by atoms with Gasteiger partial charge in [-0.15, -0.1) is 0 Å². The topological polar surface area (TPSA) is 106 Å². The van der Waals surface area contributed by atoms with E-state index in [0.717, 1.165) is 16.9 Å². The van der Waals surface area contributed by atoms with Crippen LogP contribution < -0.4 is 20.5 Å². The summed E-state index contributed by atoms with van der Waals surface area (Å²) in [7, 11) is 2.96. The molecule has 0 radical (unpaired) electrons. The number of rotatable bonds is 7. The molecule has 9 nitrogen and oxygen atoms in total. The molecule has 2 saturated heterocycles. The van der Waals surface area contributed by atoms with Gasteiger partial charge in [0.1, 0.15) is 11.8 Å². The van der Waals surface area contributed by atoms with Gasteiger partial charge in [0.15, 0.2) is 0 Å². The third kappa shape index (κ3) is 4.51. The largest absolute Gasteiger partial charge is 0.497 e. The van der Waals surface area contributed by atoms with Crippen LogP contribution in [0.5, 0.6) is 5.75 Å². The van der Waals surface area contributed by atoms with E-state index in [4.69, 9.17) is 14.2 Å². The minimum atomic E-state index is -0.489. The van der Waals surface area contributed by atoms with Crippen molar-refractivity contribution >= 4 is 23.5 Å². The number of hydrogen-bond donors (Lipinski definition) is 2. The van der Waals surface area contributed by atoms with Gasteiger partial charge in [0.05, 0.1) is 44.0 Å². The summed E-state index contributed by atoms with van der Waals surface area (Å²) in [6.45, 7) is 2.04. The number of ether oxygens (including phenoxy) is 3. The van der Waals surface area contributed by atoms with E-state index in [1.807, 2.05) is 36.4 Å². The molecule has 2 aliphatic rings. The van der Waals surface area contributed by atoms with E-state index in [2.05, 4.69) is 10.9 Å². The Hall–Kier alpha value is -4.21. The summed E-state index contributed by atoms with van der Waals surface area (Å²) >= 11 is 0. The van der Waals surface area contributed by atoms with Crippen LogP contribution in [0.4, 0.5) is 5.69 Å². The number of carbonyl (C=O) groups is 3. The first-order valence-electron chi connectivity index (χ1n) is 12.4. The fourth-order valence-corrected chi connectivity index (χ4v) is 5.30. The summed E-state index contributed by atoms with van der Waals surface area (Å²) < 4.78 is 15.3. The Bertz CT molecular complexity index is 1320. The van der Waals surface area contributed by atoms with Gasteiger partial charge in [-0.3, -0.25) is 4.79 Å². The van der Waals surface area contributed by atoms with E-state index in [1.54, 1.807) is 55.3 Å². The van der Waals surface area contributed by atoms with Crippen molar-refractivity contribution in [3.05, 3.63) is 95.1 Å². The fourth-order valence-electron chi connectivity index (χ4n) is 5.30. The van der Waals surface area contributed by atoms with Crippen LogP contribution in [0.15, 0.2) is 72.8 Å². The van der Waals surface area contributed by atoms with Crippen LogP contribution in [-0.2, 0) is 14.3 Å². The van der Waals surface area contributed by atoms with Crippen molar-refractivity contribution in [2.45, 2.75) is 25.0 Å². The van der Waals surface area contributed by atoms with E-state index in [-0.39, 0.29) is 30.5 Å². The molecule has 3 aromatic carbocycles. The maximum absolute atomic E-state index is 13.8. The minimum absolute atomic E-state index is 0.0931. The summed E-state index contributed by atoms with van der Waals surface area (Å²) in [6, 6.07) is 20.7. The molecule has 2 N–H and O–H groups in total. The highest BCUT2D eigenvalue weighted by molar-refractivity contribution is 6.02. The lowest BCUT2D eigenvalue weighted by molar-refractivity contribution is -0.119. The molecule has 0 bridgehead atoms. The third-order valence-electron chi connectivity index (χ3n) is 7.12. The smallest absolute Gasteiger partial charge is 0.338 e. The van der Waals surface area contributed by atoms with E-state index in [9.17, 15) is 14.4 Å². The van der Waals surface area contributed by atoms with Gasteiger partial charge >= 0.3 is 11.9 Å². The molecule has 0 saturated carbocycles. The number of nitrogens with one attached hydrogen (secondary N) is 2. The first-order chi connectivity index (χ1) is 18.5. The standard InChI is InChI=1S/C29H29N3O6/c1-4-38-29(35)20-9-13-21(14-10-20)32-26(18-5-7-19(8-6-18)28(34)37-3)23-24(30-31-25(23)27(32)33)17-11-15-22(36-2)16-12-17/h5-16,23-26,30-31H,4H2,1-3H3. The SMILES string of the molecule is CCOC(=O)c1ccc(N2C(=O)C3NNC(c4ccc(OC)cc4)C3C2c2ccc(C(=O)OC)cc2)cc1. The van der Waals surface area contributed by atoms with Gasteiger partial charge in [-0.1, -0.05) is 24.3 Å². The quantitative estimate of drug-likeness (QED) is 0.460. The number of benzene rings is 3. The van der Waals surface area contributed by atoms with Gasteiger partial charge in [0.2, 0.25) is 5.91 Å². The molecule has 0 aromatic heterocycles. The zero-order valence-corrected chi connectivity index (χ0v) is 21.3. The lowest BCUT2D eigenvalue weighted by Gasteiger charge is -2.31. The minimum Gasteiger partial charge on any atom is -0.497 e. The summed E-state index contributed by atoms with van der Waals surface area (Å²) in [6.07, 6.45) is 0. The molecular formula is C29H29N3O6. The van der Waals surface area contributed by atoms with Gasteiger partial charge < -0.3 is 19.1 Å². The third-order valence-corrected chi connectivity index (χ3v) is 7.12. The van der Waals surface area contributed by atoms with Crippen molar-refractivity contribution in [3.8, 4) is 5.75 Å². The summed E-state index contributed by atoms with van der Waals surface area (Å²) in [5.74, 6) is -0.362. The van der Waals surface area contributed by atoms with E-state index >= 15 is 0 Å². The number of hydrogen-bond acceptors (Lipinski definition) is 8. The van der Waals surface area contributed by atoms with E-state index in [0.29, 0.717) is 16.8 Å². The van der Waals surface area contributed by atoms with Crippen LogP contribution in [0.1, 0.15) is 50.9 Å². The normalized spacial score (nSPS) is 22.2. The fraction of sp³-hybridized carbons (Fsp3) is 0.276.